The number of allylic oxidation sites excluding steroid dienone is 2. The van der Waals surface area contributed by atoms with Crippen LogP contribution < -0.4 is 5.32 Å². The fourth-order valence-electron chi connectivity index (χ4n) is 1.85. The van der Waals surface area contributed by atoms with E-state index in [9.17, 15) is 9.59 Å². The number of benzene rings is 2. The lowest BCUT2D eigenvalue weighted by Crippen LogP contribution is -2.02. The van der Waals surface area contributed by atoms with E-state index in [2.05, 4.69) is 5.32 Å². The second-order valence-electron chi connectivity index (χ2n) is 4.71. The van der Waals surface area contributed by atoms with Crippen molar-refractivity contribution in [2.45, 2.75) is 6.92 Å². The number of aromatic carboxylic acids is 1. The summed E-state index contributed by atoms with van der Waals surface area (Å²) in [4.78, 5) is 22.8. The fraction of sp³-hybridized carbons (Fsp3) is 0.0588. The molecule has 0 aliphatic rings. The van der Waals surface area contributed by atoms with Gasteiger partial charge in [-0.1, -0.05) is 11.6 Å². The molecule has 0 heterocycles. The van der Waals surface area contributed by atoms with Crippen LogP contribution in [-0.4, -0.2) is 16.9 Å². The Morgan fingerprint density at radius 1 is 1.00 bits per heavy atom. The van der Waals surface area contributed by atoms with E-state index in [4.69, 9.17) is 16.7 Å². The van der Waals surface area contributed by atoms with Crippen LogP contribution in [0, 0.1) is 0 Å². The minimum absolute atomic E-state index is 0.135. The zero-order chi connectivity index (χ0) is 16.1. The van der Waals surface area contributed by atoms with E-state index in [1.54, 1.807) is 43.3 Å². The lowest BCUT2D eigenvalue weighted by molar-refractivity contribution is 0.0696. The minimum atomic E-state index is -0.975. The van der Waals surface area contributed by atoms with Crippen molar-refractivity contribution in [3.63, 3.8) is 0 Å². The van der Waals surface area contributed by atoms with E-state index in [1.165, 1.54) is 18.2 Å². The molecule has 0 saturated carbocycles. The number of halogens is 1. The molecule has 0 aliphatic carbocycles. The van der Waals surface area contributed by atoms with Crippen LogP contribution in [0.4, 0.5) is 5.69 Å². The smallest absolute Gasteiger partial charge is 0.335 e. The SMILES string of the molecule is C/C(=C/C(=O)c1ccc(Cl)cc1)Nc1ccc(C(=O)O)cc1. The van der Waals surface area contributed by atoms with Crippen LogP contribution in [0.1, 0.15) is 27.6 Å². The molecule has 2 rings (SSSR count). The van der Waals surface area contributed by atoms with Crippen molar-refractivity contribution >= 4 is 29.0 Å². The maximum atomic E-state index is 12.1. The molecule has 0 unspecified atom stereocenters. The van der Waals surface area contributed by atoms with Gasteiger partial charge in [-0.15, -0.1) is 0 Å². The predicted molar refractivity (Wildman–Crippen MR) is 86.6 cm³/mol. The number of hydrogen-bond acceptors (Lipinski definition) is 3. The maximum Gasteiger partial charge on any atom is 0.335 e. The first-order valence-electron chi connectivity index (χ1n) is 6.54. The van der Waals surface area contributed by atoms with Gasteiger partial charge < -0.3 is 10.4 Å². The van der Waals surface area contributed by atoms with E-state index < -0.39 is 5.97 Å². The molecule has 22 heavy (non-hydrogen) atoms. The first kappa shape index (κ1) is 15.8. The summed E-state index contributed by atoms with van der Waals surface area (Å²) in [5.41, 5.74) is 2.13. The first-order chi connectivity index (χ1) is 10.5. The molecule has 0 atom stereocenters. The molecule has 112 valence electrons. The van der Waals surface area contributed by atoms with Gasteiger partial charge in [0, 0.05) is 28.0 Å². The first-order valence-corrected chi connectivity index (χ1v) is 6.92. The van der Waals surface area contributed by atoms with E-state index in [0.29, 0.717) is 22.0 Å². The molecular formula is C17H14ClNO3. The van der Waals surface area contributed by atoms with Crippen LogP contribution in [0.3, 0.4) is 0 Å². The molecule has 0 saturated heterocycles. The van der Waals surface area contributed by atoms with Gasteiger partial charge in [-0.3, -0.25) is 4.79 Å². The Balaban J connectivity index is 2.07. The molecule has 0 fully saturated rings. The Morgan fingerprint density at radius 3 is 2.09 bits per heavy atom. The third kappa shape index (κ3) is 4.20. The molecule has 2 aromatic carbocycles. The van der Waals surface area contributed by atoms with Gasteiger partial charge in [0.05, 0.1) is 5.56 Å². The maximum absolute atomic E-state index is 12.1. The number of anilines is 1. The number of carbonyl (C=O) groups excluding carboxylic acids is 1. The highest BCUT2D eigenvalue weighted by atomic mass is 35.5. The normalized spacial score (nSPS) is 11.1. The average Bonchev–Trinajstić information content (AvgIpc) is 2.48. The Kier molecular flexibility index (Phi) is 4.96. The number of carboxylic acid groups (broad SMARTS) is 1. The number of ketones is 1. The number of carbonyl (C=O) groups is 2. The largest absolute Gasteiger partial charge is 0.478 e. The van der Waals surface area contributed by atoms with Crippen molar-refractivity contribution in [3.8, 4) is 0 Å². The highest BCUT2D eigenvalue weighted by molar-refractivity contribution is 6.30. The molecular weight excluding hydrogens is 302 g/mol. The molecule has 2 aromatic rings. The lowest BCUT2D eigenvalue weighted by Gasteiger charge is -2.07. The standard InChI is InChI=1S/C17H14ClNO3/c1-11(10-16(20)12-2-6-14(18)7-3-12)19-15-8-4-13(5-9-15)17(21)22/h2-10,19H,1H3,(H,21,22)/b11-10-. The van der Waals surface area contributed by atoms with E-state index in [1.807, 2.05) is 0 Å². The highest BCUT2D eigenvalue weighted by Crippen LogP contribution is 2.14. The lowest BCUT2D eigenvalue weighted by atomic mass is 10.1. The van der Waals surface area contributed by atoms with E-state index >= 15 is 0 Å². The average molecular weight is 316 g/mol. The summed E-state index contributed by atoms with van der Waals surface area (Å²) in [5.74, 6) is -1.11. The topological polar surface area (TPSA) is 66.4 Å². The van der Waals surface area contributed by atoms with Gasteiger partial charge in [0.15, 0.2) is 5.78 Å². The quantitative estimate of drug-likeness (QED) is 0.640. The van der Waals surface area contributed by atoms with Gasteiger partial charge in [-0.05, 0) is 55.5 Å². The second kappa shape index (κ2) is 6.91. The minimum Gasteiger partial charge on any atom is -0.478 e. The predicted octanol–water partition coefficient (Wildman–Crippen LogP) is 4.24. The molecule has 0 bridgehead atoms. The third-order valence-electron chi connectivity index (χ3n) is 2.95. The molecule has 4 nitrogen and oxygen atoms in total. The van der Waals surface area contributed by atoms with Crippen LogP contribution in [0.5, 0.6) is 0 Å². The highest BCUT2D eigenvalue weighted by Gasteiger charge is 2.04. The summed E-state index contributed by atoms with van der Waals surface area (Å²) in [6.07, 6.45) is 1.48. The Labute approximate surface area is 133 Å². The van der Waals surface area contributed by atoms with Crippen molar-refractivity contribution in [1.82, 2.24) is 0 Å². The number of rotatable bonds is 5. The van der Waals surface area contributed by atoms with Gasteiger partial charge in [-0.2, -0.15) is 0 Å². The van der Waals surface area contributed by atoms with Gasteiger partial charge in [0.25, 0.3) is 0 Å². The molecule has 0 amide bonds. The Bertz CT molecular complexity index is 719. The van der Waals surface area contributed by atoms with Crippen molar-refractivity contribution in [3.05, 3.63) is 76.5 Å². The molecule has 0 radical (unpaired) electrons. The summed E-state index contributed by atoms with van der Waals surface area (Å²) >= 11 is 5.78. The molecule has 0 aromatic heterocycles. The second-order valence-corrected chi connectivity index (χ2v) is 5.14. The van der Waals surface area contributed by atoms with Crippen LogP contribution in [0.25, 0.3) is 0 Å². The van der Waals surface area contributed by atoms with E-state index in [0.717, 1.165) is 0 Å². The Hall–Kier alpha value is -2.59. The van der Waals surface area contributed by atoms with Crippen molar-refractivity contribution in [2.24, 2.45) is 0 Å². The summed E-state index contributed by atoms with van der Waals surface area (Å²) in [6.45, 7) is 1.76. The van der Waals surface area contributed by atoms with E-state index in [-0.39, 0.29) is 11.3 Å². The van der Waals surface area contributed by atoms with Crippen LogP contribution in [-0.2, 0) is 0 Å². The fourth-order valence-corrected chi connectivity index (χ4v) is 1.98. The third-order valence-corrected chi connectivity index (χ3v) is 3.20. The number of hydrogen-bond donors (Lipinski definition) is 2. The molecule has 5 heteroatoms. The van der Waals surface area contributed by atoms with Crippen LogP contribution in [0.2, 0.25) is 5.02 Å². The summed E-state index contributed by atoms with van der Waals surface area (Å²) in [6, 6.07) is 12.9. The van der Waals surface area contributed by atoms with Crippen molar-refractivity contribution in [2.75, 3.05) is 5.32 Å². The zero-order valence-corrected chi connectivity index (χ0v) is 12.6. The van der Waals surface area contributed by atoms with Crippen molar-refractivity contribution in [1.29, 1.82) is 0 Å². The molecule has 0 aliphatic heterocycles. The summed E-state index contributed by atoms with van der Waals surface area (Å²) in [5, 5.41) is 12.5. The van der Waals surface area contributed by atoms with Crippen molar-refractivity contribution < 1.29 is 14.7 Å². The van der Waals surface area contributed by atoms with Gasteiger partial charge in [0.2, 0.25) is 0 Å². The Morgan fingerprint density at radius 2 is 1.55 bits per heavy atom. The molecule has 2 N–H and O–H groups in total. The van der Waals surface area contributed by atoms with Gasteiger partial charge >= 0.3 is 5.97 Å². The van der Waals surface area contributed by atoms with Gasteiger partial charge in [0.1, 0.15) is 0 Å². The molecule has 0 spiro atoms. The van der Waals surface area contributed by atoms with Crippen LogP contribution in [0.15, 0.2) is 60.3 Å². The van der Waals surface area contributed by atoms with Gasteiger partial charge in [-0.25, -0.2) is 4.79 Å². The number of carboxylic acids is 1. The van der Waals surface area contributed by atoms with Crippen LogP contribution >= 0.6 is 11.6 Å². The summed E-state index contributed by atoms with van der Waals surface area (Å²) in [7, 11) is 0. The summed E-state index contributed by atoms with van der Waals surface area (Å²) < 4.78 is 0. The number of nitrogens with one attached hydrogen (secondary N) is 1. The monoisotopic (exact) mass is 315 g/mol. The zero-order valence-electron chi connectivity index (χ0n) is 11.8.